The summed E-state index contributed by atoms with van der Waals surface area (Å²) in [6.45, 7) is 3.96. The molecule has 1 aromatic heterocycles. The van der Waals surface area contributed by atoms with Gasteiger partial charge in [-0.05, 0) is 43.7 Å². The summed E-state index contributed by atoms with van der Waals surface area (Å²) in [4.78, 5) is 4.44. The van der Waals surface area contributed by atoms with Crippen LogP contribution < -0.4 is 10.5 Å². The Labute approximate surface area is 123 Å². The van der Waals surface area contributed by atoms with Crippen molar-refractivity contribution in [1.82, 2.24) is 4.98 Å². The van der Waals surface area contributed by atoms with Gasteiger partial charge in [-0.2, -0.15) is 0 Å². The number of aryl methyl sites for hydroxylation is 2. The van der Waals surface area contributed by atoms with Crippen LogP contribution >= 0.6 is 11.6 Å². The molecule has 1 heterocycles. The van der Waals surface area contributed by atoms with Crippen molar-refractivity contribution in [1.29, 1.82) is 5.41 Å². The van der Waals surface area contributed by atoms with Gasteiger partial charge in [0.25, 0.3) is 0 Å². The quantitative estimate of drug-likeness (QED) is 0.666. The van der Waals surface area contributed by atoms with Gasteiger partial charge in [0.05, 0.1) is 10.7 Å². The number of halogens is 1. The fourth-order valence-corrected chi connectivity index (χ4v) is 2.03. The minimum absolute atomic E-state index is 0.0234. The van der Waals surface area contributed by atoms with Gasteiger partial charge in [-0.15, -0.1) is 0 Å². The first kappa shape index (κ1) is 14.3. The summed E-state index contributed by atoms with van der Waals surface area (Å²) in [5, 5.41) is 7.80. The molecule has 0 fully saturated rings. The van der Waals surface area contributed by atoms with E-state index in [1.807, 2.05) is 26.0 Å². The molecule has 0 aliphatic carbocycles. The second-order valence-electron chi connectivity index (χ2n) is 4.41. The van der Waals surface area contributed by atoms with Gasteiger partial charge in [-0.25, -0.2) is 0 Å². The maximum Gasteiger partial charge on any atom is 0.148 e. The van der Waals surface area contributed by atoms with Crippen molar-refractivity contribution in [3.05, 3.63) is 52.3 Å². The number of rotatable bonds is 4. The first-order chi connectivity index (χ1) is 9.51. The minimum Gasteiger partial charge on any atom is -0.454 e. The third-order valence-corrected chi connectivity index (χ3v) is 3.16. The maximum absolute atomic E-state index is 7.38. The normalized spacial score (nSPS) is 10.3. The number of nitrogens with one attached hydrogen (secondary N) is 1. The number of ether oxygens (including phenoxy) is 1. The lowest BCUT2D eigenvalue weighted by atomic mass is 10.2. The van der Waals surface area contributed by atoms with Crippen LogP contribution in [0, 0.1) is 12.3 Å². The minimum atomic E-state index is -0.0234. The van der Waals surface area contributed by atoms with Gasteiger partial charge < -0.3 is 10.5 Å². The lowest BCUT2D eigenvalue weighted by Crippen LogP contribution is -2.10. The van der Waals surface area contributed by atoms with Crippen LogP contribution in [0.3, 0.4) is 0 Å². The summed E-state index contributed by atoms with van der Waals surface area (Å²) < 4.78 is 5.82. The Kier molecular flexibility index (Phi) is 4.25. The molecular weight excluding hydrogens is 274 g/mol. The molecule has 4 nitrogen and oxygen atoms in total. The van der Waals surface area contributed by atoms with Crippen molar-refractivity contribution >= 4 is 17.4 Å². The molecule has 2 aromatic rings. The zero-order valence-corrected chi connectivity index (χ0v) is 12.2. The summed E-state index contributed by atoms with van der Waals surface area (Å²) in [5.74, 6) is 1.19. The Morgan fingerprint density at radius 1 is 1.30 bits per heavy atom. The Bertz CT molecular complexity index is 656. The highest BCUT2D eigenvalue weighted by molar-refractivity contribution is 6.32. The molecule has 0 unspecified atom stereocenters. The Morgan fingerprint density at radius 2 is 2.00 bits per heavy atom. The Hall–Kier alpha value is -2.07. The molecule has 104 valence electrons. The second kappa shape index (κ2) is 5.92. The van der Waals surface area contributed by atoms with Gasteiger partial charge in [0.2, 0.25) is 0 Å². The van der Waals surface area contributed by atoms with Crippen LogP contribution in [0.4, 0.5) is 0 Å². The van der Waals surface area contributed by atoms with Gasteiger partial charge >= 0.3 is 0 Å². The van der Waals surface area contributed by atoms with Gasteiger partial charge in [0.1, 0.15) is 17.3 Å². The monoisotopic (exact) mass is 289 g/mol. The van der Waals surface area contributed by atoms with E-state index in [4.69, 9.17) is 27.5 Å². The van der Waals surface area contributed by atoms with Crippen molar-refractivity contribution < 1.29 is 4.74 Å². The lowest BCUT2D eigenvalue weighted by Gasteiger charge is -2.12. The van der Waals surface area contributed by atoms with Crippen molar-refractivity contribution in [2.45, 2.75) is 20.3 Å². The fraction of sp³-hybridized carbons (Fsp3) is 0.200. The SMILES string of the molecule is CCc1nc(C)ccc1Oc1ccc(C(=N)N)cc1Cl. The topological polar surface area (TPSA) is 72.0 Å². The number of benzene rings is 1. The van der Waals surface area contributed by atoms with E-state index in [0.717, 1.165) is 17.8 Å². The summed E-state index contributed by atoms with van der Waals surface area (Å²) in [6, 6.07) is 8.81. The number of hydrogen-bond donors (Lipinski definition) is 2. The standard InChI is InChI=1S/C15H16ClN3O/c1-3-12-14(6-4-9(2)19-12)20-13-7-5-10(15(17)18)8-11(13)16/h4-8H,3H2,1-2H3,(H3,17,18). The van der Waals surface area contributed by atoms with E-state index in [-0.39, 0.29) is 5.84 Å². The van der Waals surface area contributed by atoms with Crippen molar-refractivity contribution in [3.63, 3.8) is 0 Å². The van der Waals surface area contributed by atoms with Crippen LogP contribution in [-0.4, -0.2) is 10.8 Å². The van der Waals surface area contributed by atoms with E-state index in [1.54, 1.807) is 18.2 Å². The van der Waals surface area contributed by atoms with Gasteiger partial charge in [-0.1, -0.05) is 18.5 Å². The Morgan fingerprint density at radius 3 is 2.60 bits per heavy atom. The second-order valence-corrected chi connectivity index (χ2v) is 4.82. The first-order valence-corrected chi connectivity index (χ1v) is 6.67. The molecular formula is C15H16ClN3O. The zero-order valence-electron chi connectivity index (χ0n) is 11.4. The van der Waals surface area contributed by atoms with Crippen LogP contribution in [0.2, 0.25) is 5.02 Å². The molecule has 0 saturated carbocycles. The molecule has 0 aliphatic rings. The number of nitrogen functional groups attached to an aromatic ring is 1. The molecule has 3 N–H and O–H groups in total. The van der Waals surface area contributed by atoms with Gasteiger partial charge in [-0.3, -0.25) is 10.4 Å². The predicted octanol–water partition coefficient (Wildman–Crippen LogP) is 3.68. The van der Waals surface area contributed by atoms with Crippen molar-refractivity contribution in [2.75, 3.05) is 0 Å². The number of hydrogen-bond acceptors (Lipinski definition) is 3. The van der Waals surface area contributed by atoms with Gasteiger partial charge in [0, 0.05) is 11.3 Å². The molecule has 2 rings (SSSR count). The highest BCUT2D eigenvalue weighted by Gasteiger charge is 2.09. The number of amidine groups is 1. The molecule has 0 spiro atoms. The summed E-state index contributed by atoms with van der Waals surface area (Å²) in [6.07, 6.45) is 0.778. The third kappa shape index (κ3) is 3.08. The highest BCUT2D eigenvalue weighted by Crippen LogP contribution is 2.31. The molecule has 0 atom stereocenters. The van der Waals surface area contributed by atoms with Gasteiger partial charge in [0.15, 0.2) is 0 Å². The average Bonchev–Trinajstić information content (AvgIpc) is 2.42. The molecule has 0 aliphatic heterocycles. The number of nitrogens with two attached hydrogens (primary N) is 1. The van der Waals surface area contributed by atoms with Crippen LogP contribution in [-0.2, 0) is 6.42 Å². The summed E-state index contributed by atoms with van der Waals surface area (Å²) >= 11 is 6.15. The highest BCUT2D eigenvalue weighted by atomic mass is 35.5. The van der Waals surface area contributed by atoms with E-state index in [9.17, 15) is 0 Å². The summed E-state index contributed by atoms with van der Waals surface area (Å²) in [5.41, 5.74) is 7.83. The maximum atomic E-state index is 7.38. The predicted molar refractivity (Wildman–Crippen MR) is 80.9 cm³/mol. The van der Waals surface area contributed by atoms with Crippen LogP contribution in [0.25, 0.3) is 0 Å². The lowest BCUT2D eigenvalue weighted by molar-refractivity contribution is 0.473. The molecule has 0 saturated heterocycles. The van der Waals surface area contributed by atoms with Crippen molar-refractivity contribution in [2.24, 2.45) is 5.73 Å². The largest absolute Gasteiger partial charge is 0.454 e. The van der Waals surface area contributed by atoms with E-state index in [1.165, 1.54) is 0 Å². The van der Waals surface area contributed by atoms with E-state index < -0.39 is 0 Å². The number of pyridine rings is 1. The van der Waals surface area contributed by atoms with Crippen molar-refractivity contribution in [3.8, 4) is 11.5 Å². The number of aromatic nitrogens is 1. The molecule has 0 amide bonds. The molecule has 20 heavy (non-hydrogen) atoms. The fourth-order valence-electron chi connectivity index (χ4n) is 1.81. The zero-order chi connectivity index (χ0) is 14.7. The molecule has 5 heteroatoms. The smallest absolute Gasteiger partial charge is 0.148 e. The van der Waals surface area contributed by atoms with Crippen LogP contribution in [0.15, 0.2) is 30.3 Å². The van der Waals surface area contributed by atoms with Crippen LogP contribution in [0.5, 0.6) is 11.5 Å². The summed E-state index contributed by atoms with van der Waals surface area (Å²) in [7, 11) is 0. The first-order valence-electron chi connectivity index (χ1n) is 6.29. The molecule has 1 aromatic carbocycles. The van der Waals surface area contributed by atoms with Crippen LogP contribution in [0.1, 0.15) is 23.9 Å². The third-order valence-electron chi connectivity index (χ3n) is 2.87. The van der Waals surface area contributed by atoms with E-state index >= 15 is 0 Å². The molecule has 0 bridgehead atoms. The molecule has 0 radical (unpaired) electrons. The number of nitrogens with zero attached hydrogens (tertiary/aromatic N) is 1. The Balaban J connectivity index is 2.33. The van der Waals surface area contributed by atoms with E-state index in [0.29, 0.717) is 22.1 Å². The van der Waals surface area contributed by atoms with E-state index in [2.05, 4.69) is 4.98 Å². The average molecular weight is 290 g/mol.